The number of hydrogen-bond donors (Lipinski definition) is 0. The molecule has 0 aromatic rings. The van der Waals surface area contributed by atoms with Gasteiger partial charge in [0.2, 0.25) is 5.91 Å². The summed E-state index contributed by atoms with van der Waals surface area (Å²) in [7, 11) is 0. The number of carbonyl (C=O) groups excluding carboxylic acids is 1. The van der Waals surface area contributed by atoms with Crippen LogP contribution >= 0.6 is 0 Å². The summed E-state index contributed by atoms with van der Waals surface area (Å²) < 4.78 is 11.3. The van der Waals surface area contributed by atoms with Gasteiger partial charge in [-0.05, 0) is 39.0 Å². The second-order valence-electron chi connectivity index (χ2n) is 7.01. The molecule has 2 aliphatic rings. The molecule has 0 aliphatic carbocycles. The molecular formula is C17H32N2O3. The van der Waals surface area contributed by atoms with Gasteiger partial charge in [-0.25, -0.2) is 0 Å². The van der Waals surface area contributed by atoms with Gasteiger partial charge >= 0.3 is 0 Å². The van der Waals surface area contributed by atoms with Crippen LogP contribution in [0.3, 0.4) is 0 Å². The van der Waals surface area contributed by atoms with E-state index >= 15 is 0 Å². The highest BCUT2D eigenvalue weighted by atomic mass is 16.5. The van der Waals surface area contributed by atoms with Crippen LogP contribution in [0.25, 0.3) is 0 Å². The first-order valence-electron chi connectivity index (χ1n) is 8.77. The quantitative estimate of drug-likeness (QED) is 0.641. The van der Waals surface area contributed by atoms with E-state index in [1.807, 2.05) is 4.90 Å². The molecule has 2 heterocycles. The van der Waals surface area contributed by atoms with E-state index in [0.717, 1.165) is 58.0 Å². The topological polar surface area (TPSA) is 42.0 Å². The fraction of sp³-hybridized carbons (Fsp3) is 0.941. The highest BCUT2D eigenvalue weighted by Crippen LogP contribution is 2.16. The first-order valence-corrected chi connectivity index (χ1v) is 8.77. The highest BCUT2D eigenvalue weighted by Gasteiger charge is 2.28. The van der Waals surface area contributed by atoms with Gasteiger partial charge in [0.1, 0.15) is 6.61 Å². The number of likely N-dealkylation sites (tertiary alicyclic amines) is 2. The van der Waals surface area contributed by atoms with Crippen LogP contribution in [-0.2, 0) is 14.3 Å². The molecule has 0 unspecified atom stereocenters. The molecule has 0 spiro atoms. The molecule has 2 aliphatic heterocycles. The van der Waals surface area contributed by atoms with Crippen LogP contribution < -0.4 is 0 Å². The van der Waals surface area contributed by atoms with E-state index in [1.54, 1.807) is 0 Å². The zero-order chi connectivity index (χ0) is 15.9. The van der Waals surface area contributed by atoms with Crippen molar-refractivity contribution in [3.63, 3.8) is 0 Å². The first-order chi connectivity index (χ1) is 10.6. The Bertz CT molecular complexity index is 335. The molecule has 2 saturated heterocycles. The van der Waals surface area contributed by atoms with Crippen molar-refractivity contribution in [2.45, 2.75) is 52.2 Å². The van der Waals surface area contributed by atoms with E-state index in [4.69, 9.17) is 9.47 Å². The normalized spacial score (nSPS) is 21.4. The number of hydrogen-bond acceptors (Lipinski definition) is 4. The number of carbonyl (C=O) groups is 1. The molecule has 2 fully saturated rings. The second-order valence-corrected chi connectivity index (χ2v) is 7.01. The van der Waals surface area contributed by atoms with Crippen molar-refractivity contribution < 1.29 is 14.3 Å². The largest absolute Gasteiger partial charge is 0.375 e. The Morgan fingerprint density at radius 3 is 2.50 bits per heavy atom. The Kier molecular flexibility index (Phi) is 7.12. The lowest BCUT2D eigenvalue weighted by molar-refractivity contribution is -0.137. The van der Waals surface area contributed by atoms with Gasteiger partial charge < -0.3 is 14.4 Å². The minimum Gasteiger partial charge on any atom is -0.375 e. The summed E-state index contributed by atoms with van der Waals surface area (Å²) in [5.41, 5.74) is 0. The lowest BCUT2D eigenvalue weighted by Crippen LogP contribution is -2.55. The molecule has 2 rings (SSSR count). The first kappa shape index (κ1) is 17.7. The average molecular weight is 312 g/mol. The van der Waals surface area contributed by atoms with Gasteiger partial charge in [0.25, 0.3) is 0 Å². The van der Waals surface area contributed by atoms with E-state index in [2.05, 4.69) is 25.7 Å². The Morgan fingerprint density at radius 1 is 1.18 bits per heavy atom. The van der Waals surface area contributed by atoms with Crippen LogP contribution in [0.15, 0.2) is 0 Å². The van der Waals surface area contributed by atoms with Crippen LogP contribution in [-0.4, -0.2) is 73.9 Å². The summed E-state index contributed by atoms with van der Waals surface area (Å²) >= 11 is 0. The summed E-state index contributed by atoms with van der Waals surface area (Å²) in [4.78, 5) is 16.3. The van der Waals surface area contributed by atoms with E-state index in [-0.39, 0.29) is 12.5 Å². The third-order valence-electron chi connectivity index (χ3n) is 4.76. The Morgan fingerprint density at radius 2 is 1.86 bits per heavy atom. The number of nitrogens with zero attached hydrogens (tertiary/aromatic N) is 2. The molecule has 1 amide bonds. The van der Waals surface area contributed by atoms with Crippen LogP contribution in [0, 0.1) is 5.92 Å². The van der Waals surface area contributed by atoms with Crippen molar-refractivity contribution in [2.24, 2.45) is 5.92 Å². The van der Waals surface area contributed by atoms with Crippen LogP contribution in [0.1, 0.15) is 40.0 Å². The Balaban J connectivity index is 1.42. The van der Waals surface area contributed by atoms with Crippen LogP contribution in [0.2, 0.25) is 0 Å². The predicted molar refractivity (Wildman–Crippen MR) is 86.9 cm³/mol. The van der Waals surface area contributed by atoms with Crippen molar-refractivity contribution >= 4 is 5.91 Å². The van der Waals surface area contributed by atoms with Crippen molar-refractivity contribution in [3.8, 4) is 0 Å². The molecule has 0 atom stereocenters. The van der Waals surface area contributed by atoms with E-state index in [1.165, 1.54) is 0 Å². The van der Waals surface area contributed by atoms with Gasteiger partial charge in [0, 0.05) is 45.4 Å². The smallest absolute Gasteiger partial charge is 0.248 e. The molecular weight excluding hydrogens is 280 g/mol. The summed E-state index contributed by atoms with van der Waals surface area (Å²) in [6, 6.07) is 0.618. The lowest BCUT2D eigenvalue weighted by Gasteiger charge is -2.41. The third-order valence-corrected chi connectivity index (χ3v) is 4.76. The molecule has 0 saturated carbocycles. The molecule has 22 heavy (non-hydrogen) atoms. The van der Waals surface area contributed by atoms with Crippen molar-refractivity contribution in [2.75, 3.05) is 46.0 Å². The molecule has 5 heteroatoms. The van der Waals surface area contributed by atoms with Crippen molar-refractivity contribution in [1.82, 2.24) is 9.80 Å². The van der Waals surface area contributed by atoms with Gasteiger partial charge in [-0.15, -0.1) is 0 Å². The fourth-order valence-electron chi connectivity index (χ4n) is 2.92. The summed E-state index contributed by atoms with van der Waals surface area (Å²) in [5.74, 6) is 0.889. The van der Waals surface area contributed by atoms with Gasteiger partial charge in [0.05, 0.1) is 6.10 Å². The molecule has 0 aromatic heterocycles. The predicted octanol–water partition coefficient (Wildman–Crippen LogP) is 1.76. The maximum absolute atomic E-state index is 12.0. The minimum atomic E-state index is 0.138. The summed E-state index contributed by atoms with van der Waals surface area (Å²) in [5, 5.41) is 0. The maximum Gasteiger partial charge on any atom is 0.248 e. The maximum atomic E-state index is 12.0. The monoisotopic (exact) mass is 312 g/mol. The van der Waals surface area contributed by atoms with Gasteiger partial charge in [-0.2, -0.15) is 0 Å². The van der Waals surface area contributed by atoms with Crippen molar-refractivity contribution in [3.05, 3.63) is 0 Å². The van der Waals surface area contributed by atoms with Crippen LogP contribution in [0.4, 0.5) is 0 Å². The number of ether oxygens (including phenoxy) is 2. The molecule has 128 valence electrons. The number of piperidine rings is 1. The van der Waals surface area contributed by atoms with Crippen LogP contribution in [0.5, 0.6) is 0 Å². The number of amides is 1. The second kappa shape index (κ2) is 8.85. The minimum absolute atomic E-state index is 0.138. The molecule has 0 aromatic carbocycles. The van der Waals surface area contributed by atoms with E-state index < -0.39 is 0 Å². The molecule has 5 nitrogen and oxygen atoms in total. The Hall–Kier alpha value is -0.650. The van der Waals surface area contributed by atoms with E-state index in [0.29, 0.717) is 18.8 Å². The fourth-order valence-corrected chi connectivity index (χ4v) is 2.92. The lowest BCUT2D eigenvalue weighted by atomic mass is 9.99. The third kappa shape index (κ3) is 5.52. The summed E-state index contributed by atoms with van der Waals surface area (Å²) in [6.45, 7) is 12.1. The average Bonchev–Trinajstić information content (AvgIpc) is 2.44. The van der Waals surface area contributed by atoms with E-state index in [9.17, 15) is 4.79 Å². The Labute approximate surface area is 134 Å². The van der Waals surface area contributed by atoms with Crippen molar-refractivity contribution in [1.29, 1.82) is 0 Å². The standard InChI is InChI=1S/C17H32N2O3/c1-14(2)19-11-16(12-19)22-10-4-9-21-13-17(20)18-7-5-15(3)6-8-18/h14-16H,4-13H2,1-3H3. The molecule has 0 radical (unpaired) electrons. The molecule has 0 bridgehead atoms. The van der Waals surface area contributed by atoms with Gasteiger partial charge in [-0.1, -0.05) is 6.92 Å². The summed E-state index contributed by atoms with van der Waals surface area (Å²) in [6.07, 6.45) is 3.49. The highest BCUT2D eigenvalue weighted by molar-refractivity contribution is 5.77. The number of rotatable bonds is 8. The van der Waals surface area contributed by atoms with Gasteiger partial charge in [0.15, 0.2) is 0 Å². The zero-order valence-corrected chi connectivity index (χ0v) is 14.4. The van der Waals surface area contributed by atoms with Gasteiger partial charge in [-0.3, -0.25) is 9.69 Å². The zero-order valence-electron chi connectivity index (χ0n) is 14.4. The SMILES string of the molecule is CC1CCN(C(=O)COCCCOC2CN(C(C)C)C2)CC1. The molecule has 0 N–H and O–H groups in total.